The Balaban J connectivity index is 1.17. The van der Waals surface area contributed by atoms with Crippen LogP contribution in [0.2, 0.25) is 0 Å². The van der Waals surface area contributed by atoms with Crippen LogP contribution in [0, 0.1) is 46.3 Å². The van der Waals surface area contributed by atoms with Crippen LogP contribution in [0.4, 0.5) is 0 Å². The van der Waals surface area contributed by atoms with E-state index in [9.17, 15) is 14.3 Å². The van der Waals surface area contributed by atoms with E-state index in [1.54, 1.807) is 16.4 Å². The van der Waals surface area contributed by atoms with Crippen LogP contribution in [0.5, 0.6) is 0 Å². The molecule has 0 aromatic heterocycles. The van der Waals surface area contributed by atoms with Crippen LogP contribution in [0.1, 0.15) is 202 Å². The molecule has 10 atom stereocenters. The second-order valence-electron chi connectivity index (χ2n) is 23.2. The average molecular weight is 983 g/mol. The lowest BCUT2D eigenvalue weighted by molar-refractivity contribution is -0.870. The van der Waals surface area contributed by atoms with Crippen LogP contribution >= 0.6 is 29.4 Å². The maximum atomic E-state index is 13.2. The summed E-state index contributed by atoms with van der Waals surface area (Å²) in [6.45, 7) is 15.7. The summed E-state index contributed by atoms with van der Waals surface area (Å²) in [5.74, 6) is 4.86. The third-order valence-electron chi connectivity index (χ3n) is 16.5. The highest BCUT2D eigenvalue weighted by molar-refractivity contribution is 8.77. The zero-order valence-electron chi connectivity index (χ0n) is 43.8. The summed E-state index contributed by atoms with van der Waals surface area (Å²) in [5, 5.41) is 0.476. The largest absolute Gasteiger partial charge is 0.756 e. The van der Waals surface area contributed by atoms with Gasteiger partial charge in [-0.2, -0.15) is 0 Å². The molecule has 0 aromatic rings. The van der Waals surface area contributed by atoms with Gasteiger partial charge >= 0.3 is 5.97 Å². The van der Waals surface area contributed by atoms with E-state index in [1.165, 1.54) is 141 Å². The molecule has 3 fully saturated rings. The molecule has 0 amide bonds. The molecule has 0 heterocycles. The predicted octanol–water partition coefficient (Wildman–Crippen LogP) is 15.0. The normalized spacial score (nSPS) is 28.4. The standard InChI is InChI=1S/C55H100NO7PS2/c1-10-11-12-13-14-15-16-17-18-19-20-21-22-23-24-25-38-60-41-47(42-62-64(58,59)61-39-37-56(7,8)9)63-53(57)43-65-66-48-33-35-54(5)46(40-48)29-30-49-51-32-31-50(45(4)28-26-27-44(2)3)55(51,6)36-34-52(49)54/h17-18,29,44-45,47-52H,10-16,19-28,30-43H2,1-9H3/b18-17+/t45-,47?,48?,49+,50-,51+,52+,54+,55-/m1/s1. The zero-order chi connectivity index (χ0) is 48.1. The van der Waals surface area contributed by atoms with Gasteiger partial charge in [-0.05, 0) is 130 Å². The number of nitrogens with zero attached hydrogens (tertiary/aromatic N) is 1. The number of carbonyl (C=O) groups excluding carboxylic acids is 1. The smallest absolute Gasteiger partial charge is 0.317 e. The van der Waals surface area contributed by atoms with Gasteiger partial charge in [-0.1, -0.05) is 164 Å². The van der Waals surface area contributed by atoms with Gasteiger partial charge in [0, 0.05) is 11.9 Å². The molecular formula is C55H100NO7PS2. The molecule has 4 aliphatic rings. The van der Waals surface area contributed by atoms with Gasteiger partial charge in [-0.15, -0.1) is 0 Å². The molecule has 0 aliphatic heterocycles. The minimum absolute atomic E-state index is 0.0198. The molecule has 0 bridgehead atoms. The Morgan fingerprint density at radius 2 is 1.52 bits per heavy atom. The van der Waals surface area contributed by atoms with Gasteiger partial charge < -0.3 is 27.9 Å². The van der Waals surface area contributed by atoms with Crippen LogP contribution < -0.4 is 4.89 Å². The molecular weight excluding hydrogens is 882 g/mol. The fraction of sp³-hybridized carbons (Fsp3) is 0.909. The first-order chi connectivity index (χ1) is 31.5. The summed E-state index contributed by atoms with van der Waals surface area (Å²) in [4.78, 5) is 25.9. The van der Waals surface area contributed by atoms with Crippen molar-refractivity contribution in [3.63, 3.8) is 0 Å². The Morgan fingerprint density at radius 3 is 2.20 bits per heavy atom. The van der Waals surface area contributed by atoms with Crippen molar-refractivity contribution in [2.45, 2.75) is 213 Å². The highest BCUT2D eigenvalue weighted by Gasteiger charge is 2.59. The zero-order valence-corrected chi connectivity index (χ0v) is 46.4. The first-order valence-corrected chi connectivity index (χ1v) is 31.1. The van der Waals surface area contributed by atoms with E-state index < -0.39 is 13.9 Å². The van der Waals surface area contributed by atoms with Gasteiger partial charge in [0.25, 0.3) is 7.82 Å². The Morgan fingerprint density at radius 1 is 0.833 bits per heavy atom. The van der Waals surface area contributed by atoms with Crippen molar-refractivity contribution in [3.8, 4) is 0 Å². The molecule has 11 heteroatoms. The number of quaternary nitrogens is 1. The lowest BCUT2D eigenvalue weighted by Crippen LogP contribution is -2.50. The Kier molecular flexibility index (Phi) is 26.4. The monoisotopic (exact) mass is 982 g/mol. The van der Waals surface area contributed by atoms with Crippen LogP contribution in [0.25, 0.3) is 0 Å². The van der Waals surface area contributed by atoms with Crippen molar-refractivity contribution in [2.24, 2.45) is 46.3 Å². The van der Waals surface area contributed by atoms with E-state index >= 15 is 0 Å². The predicted molar refractivity (Wildman–Crippen MR) is 279 cm³/mol. The van der Waals surface area contributed by atoms with E-state index in [0.29, 0.717) is 33.7 Å². The van der Waals surface area contributed by atoms with Crippen LogP contribution in [-0.2, 0) is 27.9 Å². The van der Waals surface area contributed by atoms with E-state index in [1.807, 2.05) is 31.9 Å². The third kappa shape index (κ3) is 20.1. The van der Waals surface area contributed by atoms with E-state index in [0.717, 1.165) is 54.8 Å². The lowest BCUT2D eigenvalue weighted by Gasteiger charge is -2.58. The van der Waals surface area contributed by atoms with E-state index in [4.69, 9.17) is 18.5 Å². The topological polar surface area (TPSA) is 94.1 Å². The van der Waals surface area contributed by atoms with E-state index in [2.05, 4.69) is 59.8 Å². The average Bonchev–Trinajstić information content (AvgIpc) is 3.61. The molecule has 0 radical (unpaired) electrons. The Bertz CT molecular complexity index is 1490. The molecule has 0 saturated heterocycles. The molecule has 0 N–H and O–H groups in total. The Hall–Kier alpha value is -0.320. The molecule has 3 saturated carbocycles. The highest BCUT2D eigenvalue weighted by atomic mass is 33.1. The second-order valence-corrected chi connectivity index (χ2v) is 27.3. The van der Waals surface area contributed by atoms with Crippen molar-refractivity contribution in [3.05, 3.63) is 23.8 Å². The van der Waals surface area contributed by atoms with Gasteiger partial charge in [-0.25, -0.2) is 0 Å². The number of phosphoric ester groups is 1. The SMILES string of the molecule is CCCCCCCC/C=C/CCCCCCCCOCC(COP(=O)([O-])OCC[N+](C)(C)C)OC(=O)CSSC1CC[C@@]2(C)C(=CC[C@H]3[C@@H]4CC[C@H]([C@H](C)CCCC(C)C)[C@@]4(C)CC[C@@H]32)C1. The molecule has 8 nitrogen and oxygen atoms in total. The number of esters is 1. The number of phosphoric acid groups is 1. The summed E-state index contributed by atoms with van der Waals surface area (Å²) < 4.78 is 35.3. The fourth-order valence-corrected chi connectivity index (χ4v) is 15.7. The molecule has 0 aromatic carbocycles. The van der Waals surface area contributed by atoms with Crippen molar-refractivity contribution in [1.82, 2.24) is 0 Å². The summed E-state index contributed by atoms with van der Waals surface area (Å²) in [7, 11) is 4.74. The van der Waals surface area contributed by atoms with Crippen LogP contribution in [0.15, 0.2) is 23.8 Å². The number of fused-ring (bicyclic) bond motifs is 5. The Labute approximate surface area is 414 Å². The highest BCUT2D eigenvalue weighted by Crippen LogP contribution is 2.68. The molecule has 4 aliphatic carbocycles. The molecule has 384 valence electrons. The second kappa shape index (κ2) is 29.9. The molecule has 3 unspecified atom stereocenters. The number of allylic oxidation sites excluding steroid dienone is 4. The van der Waals surface area contributed by atoms with Gasteiger partial charge in [0.15, 0.2) is 0 Å². The number of carbonyl (C=O) groups is 1. The summed E-state index contributed by atoms with van der Waals surface area (Å²) in [5.41, 5.74) is 2.49. The summed E-state index contributed by atoms with van der Waals surface area (Å²) in [6, 6.07) is 0. The number of unbranched alkanes of at least 4 members (excludes halogenated alkanes) is 12. The minimum Gasteiger partial charge on any atom is -0.756 e. The number of rotatable bonds is 35. The quantitative estimate of drug-likeness (QED) is 0.0154. The number of ether oxygens (including phenoxy) is 2. The molecule has 0 spiro atoms. The maximum absolute atomic E-state index is 13.2. The summed E-state index contributed by atoms with van der Waals surface area (Å²) >= 11 is 0. The van der Waals surface area contributed by atoms with Gasteiger partial charge in [0.2, 0.25) is 0 Å². The fourth-order valence-electron chi connectivity index (χ4n) is 12.6. The van der Waals surface area contributed by atoms with Gasteiger partial charge in [-0.3, -0.25) is 9.36 Å². The van der Waals surface area contributed by atoms with Crippen LogP contribution in [0.3, 0.4) is 0 Å². The number of hydrogen-bond donors (Lipinski definition) is 0. The molecule has 66 heavy (non-hydrogen) atoms. The summed E-state index contributed by atoms with van der Waals surface area (Å²) in [6.07, 6.45) is 38.5. The number of hydrogen-bond acceptors (Lipinski definition) is 9. The molecule has 4 rings (SSSR count). The van der Waals surface area contributed by atoms with Crippen molar-refractivity contribution >= 4 is 35.4 Å². The van der Waals surface area contributed by atoms with Crippen molar-refractivity contribution in [2.75, 3.05) is 59.9 Å². The van der Waals surface area contributed by atoms with Gasteiger partial charge in [0.1, 0.15) is 25.0 Å². The first kappa shape index (κ1) is 58.3. The van der Waals surface area contributed by atoms with Crippen molar-refractivity contribution in [1.29, 1.82) is 0 Å². The van der Waals surface area contributed by atoms with Gasteiger partial charge in [0.05, 0.1) is 34.4 Å². The maximum Gasteiger partial charge on any atom is 0.317 e. The van der Waals surface area contributed by atoms with Crippen LogP contribution in [-0.4, -0.2) is 81.7 Å². The third-order valence-corrected chi connectivity index (χ3v) is 20.2. The minimum atomic E-state index is -4.57. The lowest BCUT2D eigenvalue weighted by atomic mass is 9.47. The first-order valence-electron chi connectivity index (χ1n) is 27.3. The number of likely N-dealkylation sites (N-methyl/N-ethyl adjacent to an activating group) is 1. The van der Waals surface area contributed by atoms with E-state index in [-0.39, 0.29) is 31.5 Å². The van der Waals surface area contributed by atoms with Crippen molar-refractivity contribution < 1.29 is 37.3 Å².